The van der Waals surface area contributed by atoms with Gasteiger partial charge in [-0.15, -0.1) is 0 Å². The van der Waals surface area contributed by atoms with Gasteiger partial charge in [-0.2, -0.15) is 0 Å². The van der Waals surface area contributed by atoms with Gasteiger partial charge in [0.05, 0.1) is 6.61 Å². The van der Waals surface area contributed by atoms with Gasteiger partial charge in [-0.05, 0) is 37.6 Å². The zero-order valence-electron chi connectivity index (χ0n) is 16.9. The lowest BCUT2D eigenvalue weighted by atomic mass is 10.1. The first-order valence-corrected chi connectivity index (χ1v) is 10.2. The van der Waals surface area contributed by atoms with Crippen molar-refractivity contribution in [3.63, 3.8) is 0 Å². The van der Waals surface area contributed by atoms with Crippen LogP contribution >= 0.6 is 0 Å². The molecule has 0 radical (unpaired) electrons. The molecule has 1 aliphatic rings. The summed E-state index contributed by atoms with van der Waals surface area (Å²) in [5.74, 6) is 1.84. The van der Waals surface area contributed by atoms with Gasteiger partial charge >= 0.3 is 0 Å². The van der Waals surface area contributed by atoms with Crippen molar-refractivity contribution in [1.29, 1.82) is 0 Å². The van der Waals surface area contributed by atoms with E-state index >= 15 is 0 Å². The van der Waals surface area contributed by atoms with E-state index in [0.717, 1.165) is 43.4 Å². The van der Waals surface area contributed by atoms with Crippen molar-refractivity contribution in [3.05, 3.63) is 47.9 Å². The number of aromatic nitrogens is 2. The highest BCUT2D eigenvalue weighted by molar-refractivity contribution is 5.94. The highest BCUT2D eigenvalue weighted by atomic mass is 16.5. The smallest absolute Gasteiger partial charge is 0.253 e. The normalized spacial score (nSPS) is 14.2. The molecule has 0 spiro atoms. The first-order valence-electron chi connectivity index (χ1n) is 10.2. The van der Waals surface area contributed by atoms with Crippen molar-refractivity contribution in [1.82, 2.24) is 14.9 Å². The first-order chi connectivity index (χ1) is 13.7. The Bertz CT molecular complexity index is 755. The molecule has 0 aliphatic carbocycles. The largest absolute Gasteiger partial charge is 0.494 e. The molecule has 6 nitrogen and oxygen atoms in total. The van der Waals surface area contributed by atoms with Gasteiger partial charge in [0.25, 0.3) is 5.91 Å². The van der Waals surface area contributed by atoms with Crippen LogP contribution in [0.4, 0.5) is 5.82 Å². The van der Waals surface area contributed by atoms with Crippen molar-refractivity contribution < 1.29 is 9.53 Å². The Kier molecular flexibility index (Phi) is 7.23. The molecule has 1 aliphatic heterocycles. The maximum atomic E-state index is 12.8. The number of anilines is 1. The highest BCUT2D eigenvalue weighted by Crippen LogP contribution is 2.17. The molecule has 1 aromatic heterocycles. The molecule has 150 valence electrons. The second-order valence-corrected chi connectivity index (χ2v) is 7.23. The van der Waals surface area contributed by atoms with E-state index in [-0.39, 0.29) is 5.91 Å². The summed E-state index contributed by atoms with van der Waals surface area (Å²) in [6.45, 7) is 7.84. The predicted molar refractivity (Wildman–Crippen MR) is 111 cm³/mol. The van der Waals surface area contributed by atoms with Gasteiger partial charge in [0, 0.05) is 43.5 Å². The molecule has 0 bridgehead atoms. The number of amides is 1. The van der Waals surface area contributed by atoms with E-state index < -0.39 is 0 Å². The van der Waals surface area contributed by atoms with E-state index in [1.807, 2.05) is 42.2 Å². The molecule has 1 aromatic carbocycles. The highest BCUT2D eigenvalue weighted by Gasteiger charge is 2.23. The van der Waals surface area contributed by atoms with Crippen LogP contribution in [0.25, 0.3) is 0 Å². The molecule has 0 unspecified atom stereocenters. The van der Waals surface area contributed by atoms with Crippen LogP contribution in [0.3, 0.4) is 0 Å². The van der Waals surface area contributed by atoms with Crippen LogP contribution in [0.5, 0.6) is 5.75 Å². The summed E-state index contributed by atoms with van der Waals surface area (Å²) in [5.41, 5.74) is 1.67. The molecule has 0 saturated carbocycles. The number of unbranched alkanes of at least 4 members (excludes halogenated alkanes) is 3. The number of carbonyl (C=O) groups excluding carboxylic acids is 1. The average Bonchev–Trinajstić information content (AvgIpc) is 2.74. The number of ether oxygens (including phenoxy) is 1. The van der Waals surface area contributed by atoms with E-state index in [2.05, 4.69) is 21.8 Å². The number of rotatable bonds is 8. The second-order valence-electron chi connectivity index (χ2n) is 7.23. The minimum atomic E-state index is 0.0769. The fourth-order valence-corrected chi connectivity index (χ4v) is 3.35. The lowest BCUT2D eigenvalue weighted by Crippen LogP contribution is -2.49. The summed E-state index contributed by atoms with van der Waals surface area (Å²) in [4.78, 5) is 25.4. The Balaban J connectivity index is 1.48. The van der Waals surface area contributed by atoms with E-state index in [4.69, 9.17) is 4.74 Å². The molecule has 0 N–H and O–H groups in total. The Morgan fingerprint density at radius 2 is 1.79 bits per heavy atom. The predicted octanol–water partition coefficient (Wildman–Crippen LogP) is 3.71. The number of piperazine rings is 1. The second kappa shape index (κ2) is 10.1. The van der Waals surface area contributed by atoms with Crippen molar-refractivity contribution in [2.24, 2.45) is 0 Å². The van der Waals surface area contributed by atoms with E-state index in [1.54, 1.807) is 6.33 Å². The first kappa shape index (κ1) is 20.1. The number of benzene rings is 1. The topological polar surface area (TPSA) is 58.6 Å². The van der Waals surface area contributed by atoms with Crippen molar-refractivity contribution >= 4 is 11.7 Å². The van der Waals surface area contributed by atoms with Crippen molar-refractivity contribution in [2.75, 3.05) is 37.7 Å². The summed E-state index contributed by atoms with van der Waals surface area (Å²) in [5, 5.41) is 0. The fourth-order valence-electron chi connectivity index (χ4n) is 3.35. The maximum absolute atomic E-state index is 12.8. The van der Waals surface area contributed by atoms with E-state index in [0.29, 0.717) is 18.7 Å². The molecular formula is C22H30N4O2. The number of hydrogen-bond acceptors (Lipinski definition) is 5. The lowest BCUT2D eigenvalue weighted by molar-refractivity contribution is 0.0746. The monoisotopic (exact) mass is 382 g/mol. The van der Waals surface area contributed by atoms with Crippen LogP contribution < -0.4 is 9.64 Å². The number of carbonyl (C=O) groups is 1. The molecule has 1 amide bonds. The van der Waals surface area contributed by atoms with Crippen LogP contribution in [-0.2, 0) is 0 Å². The molecule has 2 heterocycles. The third kappa shape index (κ3) is 5.44. The van der Waals surface area contributed by atoms with Gasteiger partial charge in [-0.3, -0.25) is 4.79 Å². The van der Waals surface area contributed by atoms with Gasteiger partial charge < -0.3 is 14.5 Å². The maximum Gasteiger partial charge on any atom is 0.253 e. The number of hydrogen-bond donors (Lipinski definition) is 0. The van der Waals surface area contributed by atoms with Crippen molar-refractivity contribution in [3.8, 4) is 5.75 Å². The molecule has 28 heavy (non-hydrogen) atoms. The summed E-state index contributed by atoms with van der Waals surface area (Å²) in [6.07, 6.45) is 6.35. The summed E-state index contributed by atoms with van der Waals surface area (Å²) < 4.78 is 5.76. The molecule has 0 atom stereocenters. The van der Waals surface area contributed by atoms with Crippen LogP contribution in [-0.4, -0.2) is 53.6 Å². The summed E-state index contributed by atoms with van der Waals surface area (Å²) >= 11 is 0. The number of aryl methyl sites for hydroxylation is 1. The lowest BCUT2D eigenvalue weighted by Gasteiger charge is -2.35. The summed E-state index contributed by atoms with van der Waals surface area (Å²) in [7, 11) is 0. The summed E-state index contributed by atoms with van der Waals surface area (Å²) in [6, 6.07) is 9.51. The van der Waals surface area contributed by atoms with E-state index in [1.165, 1.54) is 19.3 Å². The Labute approximate surface area is 167 Å². The SMILES string of the molecule is CCCCCCOc1ccc(C(=O)N2CCN(c3cc(C)ncn3)CC2)cc1. The quantitative estimate of drug-likeness (QED) is 0.652. The van der Waals surface area contributed by atoms with Gasteiger partial charge in [0.15, 0.2) is 0 Å². The third-order valence-corrected chi connectivity index (χ3v) is 5.05. The van der Waals surface area contributed by atoms with Crippen molar-refractivity contribution in [2.45, 2.75) is 39.5 Å². The molecule has 1 fully saturated rings. The Morgan fingerprint density at radius 1 is 1.04 bits per heavy atom. The Hall–Kier alpha value is -2.63. The minimum Gasteiger partial charge on any atom is -0.494 e. The van der Waals surface area contributed by atoms with Crippen LogP contribution in [0, 0.1) is 6.92 Å². The minimum absolute atomic E-state index is 0.0769. The Morgan fingerprint density at radius 3 is 2.46 bits per heavy atom. The fraction of sp³-hybridized carbons (Fsp3) is 0.500. The van der Waals surface area contributed by atoms with Gasteiger partial charge in [-0.1, -0.05) is 26.2 Å². The molecular weight excluding hydrogens is 352 g/mol. The van der Waals surface area contributed by atoms with Crippen LogP contribution in [0.2, 0.25) is 0 Å². The van der Waals surface area contributed by atoms with Crippen LogP contribution in [0.15, 0.2) is 36.7 Å². The van der Waals surface area contributed by atoms with Gasteiger partial charge in [0.1, 0.15) is 17.9 Å². The zero-order valence-corrected chi connectivity index (χ0v) is 16.9. The standard InChI is InChI=1S/C22H30N4O2/c1-3-4-5-6-15-28-20-9-7-19(8-10-20)22(27)26-13-11-25(12-14-26)21-16-18(2)23-17-24-21/h7-10,16-17H,3-6,11-15H2,1-2H3. The molecule has 1 saturated heterocycles. The van der Waals surface area contributed by atoms with E-state index in [9.17, 15) is 4.79 Å². The van der Waals surface area contributed by atoms with Gasteiger partial charge in [-0.25, -0.2) is 9.97 Å². The van der Waals surface area contributed by atoms with Crippen LogP contribution in [0.1, 0.15) is 48.7 Å². The van der Waals surface area contributed by atoms with Gasteiger partial charge in [0.2, 0.25) is 0 Å². The molecule has 3 rings (SSSR count). The number of nitrogens with zero attached hydrogens (tertiary/aromatic N) is 4. The zero-order chi connectivity index (χ0) is 19.8. The molecule has 6 heteroatoms. The average molecular weight is 383 g/mol. The third-order valence-electron chi connectivity index (χ3n) is 5.05. The molecule has 2 aromatic rings.